The average molecular weight is 267 g/mol. The molecule has 0 aromatic heterocycles. The van der Waals surface area contributed by atoms with Crippen LogP contribution >= 0.6 is 0 Å². The second-order valence-corrected chi connectivity index (χ2v) is 5.48. The Labute approximate surface area is 120 Å². The molecule has 1 aliphatic heterocycles. The van der Waals surface area contributed by atoms with Gasteiger partial charge < -0.3 is 10.1 Å². The number of benzene rings is 2. The topological polar surface area (TPSA) is 21.3 Å². The first-order valence-corrected chi connectivity index (χ1v) is 7.28. The third-order valence-corrected chi connectivity index (χ3v) is 3.91. The minimum absolute atomic E-state index is 0.145. The summed E-state index contributed by atoms with van der Waals surface area (Å²) in [5.41, 5.74) is 3.78. The van der Waals surface area contributed by atoms with Gasteiger partial charge in [-0.25, -0.2) is 0 Å². The molecule has 1 saturated heterocycles. The summed E-state index contributed by atoms with van der Waals surface area (Å²) in [6, 6.07) is 19.5. The van der Waals surface area contributed by atoms with E-state index in [4.69, 9.17) is 4.74 Å². The summed E-state index contributed by atoms with van der Waals surface area (Å²) in [7, 11) is 0. The van der Waals surface area contributed by atoms with Gasteiger partial charge in [0, 0.05) is 6.04 Å². The van der Waals surface area contributed by atoms with Crippen LogP contribution in [0.2, 0.25) is 0 Å². The highest BCUT2D eigenvalue weighted by Gasteiger charge is 2.28. The van der Waals surface area contributed by atoms with Crippen molar-refractivity contribution in [3.8, 4) is 0 Å². The van der Waals surface area contributed by atoms with Crippen molar-refractivity contribution in [3.05, 3.63) is 71.3 Å². The van der Waals surface area contributed by atoms with Gasteiger partial charge in [0.15, 0.2) is 0 Å². The zero-order chi connectivity index (χ0) is 13.8. The molecule has 1 heterocycles. The minimum atomic E-state index is 0.145. The molecule has 1 fully saturated rings. The maximum atomic E-state index is 6.20. The van der Waals surface area contributed by atoms with E-state index in [2.05, 4.69) is 66.8 Å². The molecular formula is C18H21NO. The first-order valence-electron chi connectivity index (χ1n) is 7.28. The molecule has 0 radical (unpaired) electrons. The summed E-state index contributed by atoms with van der Waals surface area (Å²) in [6.45, 7) is 3.87. The molecule has 0 amide bonds. The SMILES string of the molecule is Cc1ccc(COC(c2ccccc2)C2CCN2)cc1. The predicted molar refractivity (Wildman–Crippen MR) is 81.6 cm³/mol. The number of hydrogen-bond acceptors (Lipinski definition) is 2. The van der Waals surface area contributed by atoms with Crippen molar-refractivity contribution >= 4 is 0 Å². The fraction of sp³-hybridized carbons (Fsp3) is 0.333. The normalized spacial score (nSPS) is 19.4. The van der Waals surface area contributed by atoms with Gasteiger partial charge >= 0.3 is 0 Å². The van der Waals surface area contributed by atoms with E-state index < -0.39 is 0 Å². The van der Waals surface area contributed by atoms with Crippen LogP contribution < -0.4 is 5.32 Å². The monoisotopic (exact) mass is 267 g/mol. The minimum Gasteiger partial charge on any atom is -0.367 e. The Bertz CT molecular complexity index is 531. The third kappa shape index (κ3) is 3.09. The summed E-state index contributed by atoms with van der Waals surface area (Å²) < 4.78 is 6.20. The molecule has 2 aromatic rings. The Morgan fingerprint density at radius 1 is 1.10 bits per heavy atom. The van der Waals surface area contributed by atoms with Crippen LogP contribution in [-0.4, -0.2) is 12.6 Å². The van der Waals surface area contributed by atoms with Crippen molar-refractivity contribution < 1.29 is 4.74 Å². The molecular weight excluding hydrogens is 246 g/mol. The molecule has 2 heteroatoms. The Morgan fingerprint density at radius 2 is 1.80 bits per heavy atom. The lowest BCUT2D eigenvalue weighted by molar-refractivity contribution is -0.00361. The zero-order valence-corrected chi connectivity index (χ0v) is 11.9. The van der Waals surface area contributed by atoms with Gasteiger partial charge in [0.2, 0.25) is 0 Å². The van der Waals surface area contributed by atoms with Crippen molar-refractivity contribution in [2.45, 2.75) is 32.1 Å². The Hall–Kier alpha value is -1.64. The van der Waals surface area contributed by atoms with Crippen LogP contribution in [0.15, 0.2) is 54.6 Å². The highest BCUT2D eigenvalue weighted by Crippen LogP contribution is 2.27. The van der Waals surface area contributed by atoms with Gasteiger partial charge in [-0.1, -0.05) is 60.2 Å². The molecule has 104 valence electrons. The van der Waals surface area contributed by atoms with Crippen LogP contribution in [0.1, 0.15) is 29.2 Å². The van der Waals surface area contributed by atoms with Gasteiger partial charge in [0.1, 0.15) is 0 Å². The van der Waals surface area contributed by atoms with E-state index >= 15 is 0 Å². The van der Waals surface area contributed by atoms with Crippen molar-refractivity contribution in [1.29, 1.82) is 0 Å². The van der Waals surface area contributed by atoms with Crippen LogP contribution in [0.4, 0.5) is 0 Å². The van der Waals surface area contributed by atoms with E-state index in [-0.39, 0.29) is 6.10 Å². The number of ether oxygens (including phenoxy) is 1. The number of hydrogen-bond donors (Lipinski definition) is 1. The second-order valence-electron chi connectivity index (χ2n) is 5.48. The molecule has 20 heavy (non-hydrogen) atoms. The largest absolute Gasteiger partial charge is 0.367 e. The van der Waals surface area contributed by atoms with Crippen LogP contribution in [-0.2, 0) is 11.3 Å². The molecule has 3 rings (SSSR count). The highest BCUT2D eigenvalue weighted by molar-refractivity contribution is 5.22. The van der Waals surface area contributed by atoms with Gasteiger partial charge in [-0.3, -0.25) is 0 Å². The molecule has 2 aromatic carbocycles. The van der Waals surface area contributed by atoms with E-state index in [0.717, 1.165) is 6.54 Å². The molecule has 2 nitrogen and oxygen atoms in total. The first-order chi connectivity index (χ1) is 9.83. The van der Waals surface area contributed by atoms with Crippen LogP contribution in [0.5, 0.6) is 0 Å². The van der Waals surface area contributed by atoms with Crippen LogP contribution in [0, 0.1) is 6.92 Å². The Kier molecular flexibility index (Phi) is 4.14. The van der Waals surface area contributed by atoms with E-state index in [1.807, 2.05) is 0 Å². The van der Waals surface area contributed by atoms with Gasteiger partial charge in [-0.15, -0.1) is 0 Å². The molecule has 0 saturated carbocycles. The van der Waals surface area contributed by atoms with Gasteiger partial charge in [-0.2, -0.15) is 0 Å². The lowest BCUT2D eigenvalue weighted by Gasteiger charge is -2.35. The number of rotatable bonds is 5. The molecule has 2 unspecified atom stereocenters. The van der Waals surface area contributed by atoms with Crippen LogP contribution in [0.3, 0.4) is 0 Å². The van der Waals surface area contributed by atoms with Crippen molar-refractivity contribution in [1.82, 2.24) is 5.32 Å². The van der Waals surface area contributed by atoms with Crippen molar-refractivity contribution in [3.63, 3.8) is 0 Å². The second kappa shape index (κ2) is 6.21. The molecule has 1 aliphatic rings. The molecule has 0 bridgehead atoms. The lowest BCUT2D eigenvalue weighted by atomic mass is 9.95. The van der Waals surface area contributed by atoms with E-state index in [9.17, 15) is 0 Å². The summed E-state index contributed by atoms with van der Waals surface area (Å²) in [5, 5.41) is 3.46. The van der Waals surface area contributed by atoms with Crippen molar-refractivity contribution in [2.75, 3.05) is 6.54 Å². The zero-order valence-electron chi connectivity index (χ0n) is 11.9. The molecule has 0 spiro atoms. The summed E-state index contributed by atoms with van der Waals surface area (Å²) >= 11 is 0. The molecule has 0 aliphatic carbocycles. The standard InChI is InChI=1S/C18H21NO/c1-14-7-9-15(10-8-14)13-20-18(17-11-12-19-17)16-5-3-2-4-6-16/h2-10,17-19H,11-13H2,1H3. The first kappa shape index (κ1) is 13.3. The van der Waals surface area contributed by atoms with Gasteiger partial charge in [0.25, 0.3) is 0 Å². The van der Waals surface area contributed by atoms with Crippen molar-refractivity contribution in [2.24, 2.45) is 0 Å². The maximum Gasteiger partial charge on any atom is 0.0982 e. The van der Waals surface area contributed by atoms with E-state index in [1.165, 1.54) is 23.1 Å². The summed E-state index contributed by atoms with van der Waals surface area (Å²) in [4.78, 5) is 0. The molecule has 2 atom stereocenters. The van der Waals surface area contributed by atoms with Gasteiger partial charge in [0.05, 0.1) is 12.7 Å². The Morgan fingerprint density at radius 3 is 2.40 bits per heavy atom. The fourth-order valence-corrected chi connectivity index (χ4v) is 2.53. The number of nitrogens with one attached hydrogen (secondary N) is 1. The highest BCUT2D eigenvalue weighted by atomic mass is 16.5. The molecule has 1 N–H and O–H groups in total. The quantitative estimate of drug-likeness (QED) is 0.893. The van der Waals surface area contributed by atoms with E-state index in [1.54, 1.807) is 0 Å². The Balaban J connectivity index is 1.69. The average Bonchev–Trinajstić information content (AvgIpc) is 2.44. The summed E-state index contributed by atoms with van der Waals surface area (Å²) in [6.07, 6.45) is 1.33. The fourth-order valence-electron chi connectivity index (χ4n) is 2.53. The number of aryl methyl sites for hydroxylation is 1. The van der Waals surface area contributed by atoms with Crippen LogP contribution in [0.25, 0.3) is 0 Å². The van der Waals surface area contributed by atoms with Gasteiger partial charge in [-0.05, 0) is 31.0 Å². The van der Waals surface area contributed by atoms with E-state index in [0.29, 0.717) is 12.6 Å². The maximum absolute atomic E-state index is 6.20. The summed E-state index contributed by atoms with van der Waals surface area (Å²) in [5.74, 6) is 0. The smallest absolute Gasteiger partial charge is 0.0982 e. The predicted octanol–water partition coefficient (Wildman–Crippen LogP) is 3.61. The lowest BCUT2D eigenvalue weighted by Crippen LogP contribution is -2.47. The third-order valence-electron chi connectivity index (χ3n) is 3.91.